The van der Waals surface area contributed by atoms with Crippen molar-refractivity contribution in [1.82, 2.24) is 16.1 Å². The van der Waals surface area contributed by atoms with Crippen molar-refractivity contribution in [2.24, 2.45) is 5.10 Å². The first-order valence-corrected chi connectivity index (χ1v) is 16.2. The van der Waals surface area contributed by atoms with Crippen molar-refractivity contribution < 1.29 is 33.6 Å². The van der Waals surface area contributed by atoms with Crippen molar-refractivity contribution >= 4 is 63.4 Å². The van der Waals surface area contributed by atoms with Gasteiger partial charge in [0.1, 0.15) is 19.0 Å². The van der Waals surface area contributed by atoms with Crippen LogP contribution in [-0.4, -0.2) is 49.9 Å². The molecule has 0 spiro atoms. The maximum Gasteiger partial charge on any atom is 0.337 e. The topological polar surface area (TPSA) is 140 Å². The van der Waals surface area contributed by atoms with E-state index >= 15 is 0 Å². The molecule has 0 fully saturated rings. The number of methoxy groups -OCH3 is 1. The van der Waals surface area contributed by atoms with Crippen LogP contribution in [0, 0.1) is 14.1 Å². The van der Waals surface area contributed by atoms with E-state index in [9.17, 15) is 14.7 Å². The molecule has 0 unspecified atom stereocenters. The zero-order valence-electron chi connectivity index (χ0n) is 25.1. The summed E-state index contributed by atoms with van der Waals surface area (Å²) in [7, 11) is 1.28. The molecule has 1 aliphatic heterocycles. The average molecular weight is 840 g/mol. The first kappa shape index (κ1) is 34.3. The molecular weight excluding hydrogens is 806 g/mol. The molecule has 0 saturated heterocycles. The zero-order chi connectivity index (χ0) is 32.5. The molecule has 1 aliphatic rings. The zero-order valence-corrected chi connectivity index (χ0v) is 29.5. The maximum absolute atomic E-state index is 12.5. The van der Waals surface area contributed by atoms with Crippen LogP contribution in [0.1, 0.15) is 42.1 Å². The summed E-state index contributed by atoms with van der Waals surface area (Å²) in [5, 5.41) is 20.0. The monoisotopic (exact) mass is 840 g/mol. The SMILES string of the molecule is CCOc1cc([C@H]2NC(=O)NC(C)=C2C(=O)OC)ccc1OC[C@H](O)N/N=C\c1cc(I)c(OCc2ccc(C)cc2)c(I)c1. The summed E-state index contributed by atoms with van der Waals surface area (Å²) in [6, 6.07) is 16.0. The Kier molecular flexibility index (Phi) is 12.3. The number of benzene rings is 3. The molecule has 45 heavy (non-hydrogen) atoms. The van der Waals surface area contributed by atoms with Gasteiger partial charge in [0, 0.05) is 5.70 Å². The van der Waals surface area contributed by atoms with Gasteiger partial charge in [-0.2, -0.15) is 5.10 Å². The fourth-order valence-corrected chi connectivity index (χ4v) is 6.58. The lowest BCUT2D eigenvalue weighted by molar-refractivity contribution is -0.136. The maximum atomic E-state index is 12.5. The van der Waals surface area contributed by atoms with Gasteiger partial charge >= 0.3 is 12.0 Å². The molecule has 0 bridgehead atoms. The lowest BCUT2D eigenvalue weighted by Gasteiger charge is -2.28. The van der Waals surface area contributed by atoms with E-state index in [-0.39, 0.29) is 12.2 Å². The van der Waals surface area contributed by atoms with E-state index < -0.39 is 24.3 Å². The molecule has 0 aromatic heterocycles. The fourth-order valence-electron chi connectivity index (χ4n) is 4.45. The predicted molar refractivity (Wildman–Crippen MR) is 186 cm³/mol. The van der Waals surface area contributed by atoms with Gasteiger partial charge < -0.3 is 34.7 Å². The highest BCUT2D eigenvalue weighted by Gasteiger charge is 2.32. The standard InChI is InChI=1S/C32H34I2N4O7/c1-5-43-26-14-22(29-28(31(40)42-4)19(3)36-32(41)37-29)10-11-25(26)44-17-27(39)38-35-15-21-12-23(33)30(24(34)13-21)45-16-20-8-6-18(2)7-9-20/h6-15,27,29,38-39H,5,16-17H2,1-4H3,(H2,36,37,41)/b35-15-/t27-,29+/m0/s1. The molecule has 3 aromatic carbocycles. The third kappa shape index (κ3) is 9.23. The second kappa shape index (κ2) is 16.1. The Morgan fingerprint density at radius 1 is 1.04 bits per heavy atom. The van der Waals surface area contributed by atoms with Crippen molar-refractivity contribution in [2.45, 2.75) is 39.6 Å². The normalized spacial score (nSPS) is 15.3. The van der Waals surface area contributed by atoms with Gasteiger partial charge in [-0.15, -0.1) is 0 Å². The van der Waals surface area contributed by atoms with E-state index in [0.717, 1.165) is 24.0 Å². The van der Waals surface area contributed by atoms with E-state index in [4.69, 9.17) is 18.9 Å². The highest BCUT2D eigenvalue weighted by Crippen LogP contribution is 2.35. The van der Waals surface area contributed by atoms with Crippen molar-refractivity contribution in [3.8, 4) is 17.2 Å². The molecule has 3 aromatic rings. The Hall–Kier alpha value is -3.57. The Labute approximate surface area is 289 Å². The molecule has 4 N–H and O–H groups in total. The number of aliphatic hydroxyl groups excluding tert-OH is 1. The number of urea groups is 1. The smallest absolute Gasteiger partial charge is 0.337 e. The number of amides is 2. The molecule has 2 amide bonds. The van der Waals surface area contributed by atoms with E-state index in [2.05, 4.69) is 97.5 Å². The minimum absolute atomic E-state index is 0.131. The Balaban J connectivity index is 1.37. The van der Waals surface area contributed by atoms with Crippen LogP contribution in [0.4, 0.5) is 4.79 Å². The number of aryl methyl sites for hydroxylation is 1. The van der Waals surface area contributed by atoms with Crippen molar-refractivity contribution in [3.05, 3.63) is 95.3 Å². The molecule has 0 radical (unpaired) electrons. The van der Waals surface area contributed by atoms with Gasteiger partial charge in [0.15, 0.2) is 17.7 Å². The second-order valence-corrected chi connectivity index (χ2v) is 12.3. The number of esters is 1. The lowest BCUT2D eigenvalue weighted by Crippen LogP contribution is -2.45. The fraction of sp³-hybridized carbons (Fsp3) is 0.281. The number of rotatable bonds is 13. The molecule has 11 nitrogen and oxygen atoms in total. The van der Waals surface area contributed by atoms with E-state index in [0.29, 0.717) is 36.0 Å². The Morgan fingerprint density at radius 2 is 1.76 bits per heavy atom. The third-order valence-corrected chi connectivity index (χ3v) is 8.24. The number of carbonyl (C=O) groups is 2. The number of hydrogen-bond donors (Lipinski definition) is 4. The lowest BCUT2D eigenvalue weighted by atomic mass is 9.95. The third-order valence-electron chi connectivity index (χ3n) is 6.63. The largest absolute Gasteiger partial charge is 0.490 e. The summed E-state index contributed by atoms with van der Waals surface area (Å²) >= 11 is 4.47. The van der Waals surface area contributed by atoms with E-state index in [1.807, 2.05) is 19.1 Å². The van der Waals surface area contributed by atoms with Gasteiger partial charge in [-0.05, 0) is 107 Å². The summed E-state index contributed by atoms with van der Waals surface area (Å²) in [6.45, 7) is 6.19. The van der Waals surface area contributed by atoms with Crippen molar-refractivity contribution in [3.63, 3.8) is 0 Å². The number of carbonyl (C=O) groups excluding carboxylic acids is 2. The number of nitrogens with zero attached hydrogens (tertiary/aromatic N) is 1. The minimum atomic E-state index is -1.12. The van der Waals surface area contributed by atoms with Gasteiger partial charge in [0.05, 0.1) is 38.7 Å². The summed E-state index contributed by atoms with van der Waals surface area (Å²) < 4.78 is 24.5. The molecule has 238 valence electrons. The molecule has 0 saturated carbocycles. The number of ether oxygens (including phenoxy) is 4. The Bertz CT molecular complexity index is 1570. The number of hydrogen-bond acceptors (Lipinski definition) is 9. The Morgan fingerprint density at radius 3 is 2.42 bits per heavy atom. The van der Waals surface area contributed by atoms with Crippen LogP contribution >= 0.6 is 45.2 Å². The minimum Gasteiger partial charge on any atom is -0.490 e. The second-order valence-electron chi connectivity index (χ2n) is 10.0. The van der Waals surface area contributed by atoms with Crippen molar-refractivity contribution in [2.75, 3.05) is 20.3 Å². The molecular formula is C32H34I2N4O7. The van der Waals surface area contributed by atoms with Crippen LogP contribution in [0.2, 0.25) is 0 Å². The first-order valence-electron chi connectivity index (χ1n) is 14.0. The van der Waals surface area contributed by atoms with Gasteiger partial charge in [0.25, 0.3) is 0 Å². The van der Waals surface area contributed by atoms with Crippen LogP contribution in [0.25, 0.3) is 0 Å². The van der Waals surface area contributed by atoms with Crippen LogP contribution < -0.4 is 30.3 Å². The average Bonchev–Trinajstić information content (AvgIpc) is 3.00. The first-order chi connectivity index (χ1) is 21.6. The van der Waals surface area contributed by atoms with E-state index in [1.54, 1.807) is 31.3 Å². The van der Waals surface area contributed by atoms with Crippen LogP contribution in [-0.2, 0) is 16.1 Å². The molecule has 0 aliphatic carbocycles. The molecule has 4 rings (SSSR count). The summed E-state index contributed by atoms with van der Waals surface area (Å²) in [4.78, 5) is 24.6. The number of aliphatic hydroxyl groups is 1. The van der Waals surface area contributed by atoms with Gasteiger partial charge in [-0.1, -0.05) is 35.9 Å². The molecule has 1 heterocycles. The van der Waals surface area contributed by atoms with Gasteiger partial charge in [-0.25, -0.2) is 9.59 Å². The van der Waals surface area contributed by atoms with E-state index in [1.165, 1.54) is 12.7 Å². The highest BCUT2D eigenvalue weighted by atomic mass is 127. The summed E-state index contributed by atoms with van der Waals surface area (Å²) in [6.07, 6.45) is 0.491. The quantitative estimate of drug-likeness (QED) is 0.0599. The molecule has 2 atom stereocenters. The number of hydrazone groups is 1. The van der Waals surface area contributed by atoms with Crippen LogP contribution in [0.15, 0.2) is 71.0 Å². The van der Waals surface area contributed by atoms with Crippen LogP contribution in [0.3, 0.4) is 0 Å². The van der Waals surface area contributed by atoms with Crippen molar-refractivity contribution in [1.29, 1.82) is 0 Å². The summed E-state index contributed by atoms with van der Waals surface area (Å²) in [5.74, 6) is 0.997. The number of nitrogens with one attached hydrogen (secondary N) is 3. The predicted octanol–water partition coefficient (Wildman–Crippen LogP) is 5.30. The number of allylic oxidation sites excluding steroid dienone is 1. The van der Waals surface area contributed by atoms with Gasteiger partial charge in [0.2, 0.25) is 0 Å². The number of halogens is 2. The van der Waals surface area contributed by atoms with Gasteiger partial charge in [-0.3, -0.25) is 5.43 Å². The van der Waals surface area contributed by atoms with Crippen LogP contribution in [0.5, 0.6) is 17.2 Å². The summed E-state index contributed by atoms with van der Waals surface area (Å²) in [5.41, 5.74) is 7.07. The molecule has 13 heteroatoms. The highest BCUT2D eigenvalue weighted by molar-refractivity contribution is 14.1.